The van der Waals surface area contributed by atoms with Crippen LogP contribution in [0.15, 0.2) is 18.2 Å². The molecule has 2 N–H and O–H groups in total. The molecule has 0 aromatic heterocycles. The van der Waals surface area contributed by atoms with Gasteiger partial charge in [0.1, 0.15) is 0 Å². The van der Waals surface area contributed by atoms with E-state index in [1.807, 2.05) is 12.1 Å². The summed E-state index contributed by atoms with van der Waals surface area (Å²) in [5.41, 5.74) is 6.78. The monoisotopic (exact) mass is 301 g/mol. The Morgan fingerprint density at radius 3 is 2.63 bits per heavy atom. The Kier molecular flexibility index (Phi) is 5.96. The Hall–Kier alpha value is -0.280. The molecule has 1 saturated carbocycles. The molecule has 1 aliphatic carbocycles. The van der Waals surface area contributed by atoms with Crippen LogP contribution in [-0.4, -0.2) is 13.2 Å². The maximum Gasteiger partial charge on any atom is 0.0732 e. The highest BCUT2D eigenvalue weighted by molar-refractivity contribution is 6.33. The maximum atomic E-state index is 6.12. The number of benzene rings is 1. The van der Waals surface area contributed by atoms with Crippen LogP contribution >= 0.6 is 23.2 Å². The first-order valence-corrected chi connectivity index (χ1v) is 7.68. The van der Waals surface area contributed by atoms with Gasteiger partial charge in [0.05, 0.1) is 13.2 Å². The van der Waals surface area contributed by atoms with Gasteiger partial charge in [0.2, 0.25) is 0 Å². The molecule has 0 spiro atoms. The van der Waals surface area contributed by atoms with E-state index in [0.717, 1.165) is 18.7 Å². The molecule has 0 radical (unpaired) electrons. The van der Waals surface area contributed by atoms with E-state index in [1.54, 1.807) is 6.07 Å². The largest absolute Gasteiger partial charge is 0.376 e. The van der Waals surface area contributed by atoms with Crippen LogP contribution in [0.4, 0.5) is 0 Å². The van der Waals surface area contributed by atoms with Gasteiger partial charge in [-0.1, -0.05) is 36.0 Å². The van der Waals surface area contributed by atoms with E-state index in [4.69, 9.17) is 33.7 Å². The SMILES string of the molecule is NCC1CCCCC1COCc1cc(Cl)ccc1Cl. The van der Waals surface area contributed by atoms with Crippen molar-refractivity contribution in [3.05, 3.63) is 33.8 Å². The molecule has 106 valence electrons. The topological polar surface area (TPSA) is 35.2 Å². The molecule has 0 aliphatic heterocycles. The van der Waals surface area contributed by atoms with E-state index >= 15 is 0 Å². The van der Waals surface area contributed by atoms with Gasteiger partial charge in [-0.3, -0.25) is 0 Å². The smallest absolute Gasteiger partial charge is 0.0732 e. The summed E-state index contributed by atoms with van der Waals surface area (Å²) in [5, 5.41) is 1.41. The normalized spacial score (nSPS) is 23.5. The minimum Gasteiger partial charge on any atom is -0.376 e. The second kappa shape index (κ2) is 7.49. The highest BCUT2D eigenvalue weighted by Crippen LogP contribution is 2.30. The van der Waals surface area contributed by atoms with Crippen LogP contribution in [-0.2, 0) is 11.3 Å². The molecule has 1 aromatic carbocycles. The molecule has 0 amide bonds. The molecule has 2 atom stereocenters. The molecule has 19 heavy (non-hydrogen) atoms. The number of rotatable bonds is 5. The highest BCUT2D eigenvalue weighted by Gasteiger charge is 2.23. The first-order chi connectivity index (χ1) is 9.20. The van der Waals surface area contributed by atoms with Gasteiger partial charge in [0, 0.05) is 10.0 Å². The first kappa shape index (κ1) is 15.1. The van der Waals surface area contributed by atoms with E-state index in [-0.39, 0.29) is 0 Å². The second-order valence-electron chi connectivity index (χ2n) is 5.29. The Bertz CT molecular complexity index is 411. The van der Waals surface area contributed by atoms with Gasteiger partial charge in [-0.05, 0) is 55.0 Å². The Morgan fingerprint density at radius 2 is 1.89 bits per heavy atom. The fourth-order valence-corrected chi connectivity index (χ4v) is 3.16. The lowest BCUT2D eigenvalue weighted by Gasteiger charge is -2.30. The quantitative estimate of drug-likeness (QED) is 0.881. The predicted molar refractivity (Wildman–Crippen MR) is 80.6 cm³/mol. The third kappa shape index (κ3) is 4.35. The van der Waals surface area contributed by atoms with Gasteiger partial charge in [-0.2, -0.15) is 0 Å². The Labute approximate surface area is 125 Å². The molecule has 2 nitrogen and oxygen atoms in total. The van der Waals surface area contributed by atoms with Crippen molar-refractivity contribution >= 4 is 23.2 Å². The van der Waals surface area contributed by atoms with Crippen molar-refractivity contribution in [2.24, 2.45) is 17.6 Å². The van der Waals surface area contributed by atoms with Crippen LogP contribution in [0.5, 0.6) is 0 Å². The van der Waals surface area contributed by atoms with Gasteiger partial charge < -0.3 is 10.5 Å². The summed E-state index contributed by atoms with van der Waals surface area (Å²) in [5.74, 6) is 1.21. The Morgan fingerprint density at radius 1 is 1.16 bits per heavy atom. The van der Waals surface area contributed by atoms with Gasteiger partial charge in [-0.25, -0.2) is 0 Å². The van der Waals surface area contributed by atoms with Crippen LogP contribution in [0, 0.1) is 11.8 Å². The summed E-state index contributed by atoms with van der Waals surface area (Å²) in [6.07, 6.45) is 5.06. The summed E-state index contributed by atoms with van der Waals surface area (Å²) < 4.78 is 5.83. The molecule has 2 rings (SSSR count). The Balaban J connectivity index is 1.83. The average molecular weight is 302 g/mol. The molecule has 1 aromatic rings. The van der Waals surface area contributed by atoms with Crippen molar-refractivity contribution in [3.63, 3.8) is 0 Å². The van der Waals surface area contributed by atoms with Gasteiger partial charge in [0.15, 0.2) is 0 Å². The van der Waals surface area contributed by atoms with E-state index in [0.29, 0.717) is 28.5 Å². The number of halogens is 2. The van der Waals surface area contributed by atoms with Crippen molar-refractivity contribution in [2.75, 3.05) is 13.2 Å². The van der Waals surface area contributed by atoms with Crippen LogP contribution in [0.3, 0.4) is 0 Å². The molecule has 0 saturated heterocycles. The van der Waals surface area contributed by atoms with Crippen molar-refractivity contribution in [2.45, 2.75) is 32.3 Å². The molecule has 1 aliphatic rings. The van der Waals surface area contributed by atoms with Crippen molar-refractivity contribution in [1.82, 2.24) is 0 Å². The van der Waals surface area contributed by atoms with Crippen molar-refractivity contribution in [3.8, 4) is 0 Å². The van der Waals surface area contributed by atoms with Crippen LogP contribution < -0.4 is 5.73 Å². The number of hydrogen-bond donors (Lipinski definition) is 1. The fourth-order valence-electron chi connectivity index (χ4n) is 2.79. The fraction of sp³-hybridized carbons (Fsp3) is 0.600. The minimum absolute atomic E-state index is 0.521. The van der Waals surface area contributed by atoms with E-state index in [1.165, 1.54) is 25.7 Å². The molecular formula is C15H21Cl2NO. The number of nitrogens with two attached hydrogens (primary N) is 1. The standard InChI is InChI=1S/C15H21Cl2NO/c16-14-5-6-15(17)13(7-14)10-19-9-12-4-2-1-3-11(12)8-18/h5-7,11-12H,1-4,8-10,18H2. The van der Waals surface area contributed by atoms with Crippen molar-refractivity contribution < 1.29 is 4.74 Å². The van der Waals surface area contributed by atoms with E-state index < -0.39 is 0 Å². The van der Waals surface area contributed by atoms with Gasteiger partial charge in [-0.15, -0.1) is 0 Å². The minimum atomic E-state index is 0.521. The number of ether oxygens (including phenoxy) is 1. The van der Waals surface area contributed by atoms with Crippen LogP contribution in [0.2, 0.25) is 10.0 Å². The summed E-state index contributed by atoms with van der Waals surface area (Å²) in [6.45, 7) is 2.06. The summed E-state index contributed by atoms with van der Waals surface area (Å²) in [4.78, 5) is 0. The lowest BCUT2D eigenvalue weighted by molar-refractivity contribution is 0.0513. The zero-order chi connectivity index (χ0) is 13.7. The molecule has 4 heteroatoms. The predicted octanol–water partition coefficient (Wildman–Crippen LogP) is 4.28. The first-order valence-electron chi connectivity index (χ1n) is 6.92. The average Bonchev–Trinajstić information content (AvgIpc) is 2.43. The third-order valence-electron chi connectivity index (χ3n) is 3.97. The molecule has 0 bridgehead atoms. The van der Waals surface area contributed by atoms with E-state index in [9.17, 15) is 0 Å². The summed E-state index contributed by atoms with van der Waals surface area (Å²) in [7, 11) is 0. The lowest BCUT2D eigenvalue weighted by Crippen LogP contribution is -2.29. The van der Waals surface area contributed by atoms with Gasteiger partial charge in [0.25, 0.3) is 0 Å². The van der Waals surface area contributed by atoms with Gasteiger partial charge >= 0.3 is 0 Å². The molecular weight excluding hydrogens is 281 g/mol. The highest BCUT2D eigenvalue weighted by atomic mass is 35.5. The molecule has 1 fully saturated rings. The third-order valence-corrected chi connectivity index (χ3v) is 4.57. The van der Waals surface area contributed by atoms with E-state index in [2.05, 4.69) is 0 Å². The molecule has 0 heterocycles. The zero-order valence-electron chi connectivity index (χ0n) is 11.1. The lowest BCUT2D eigenvalue weighted by atomic mass is 9.80. The number of hydrogen-bond acceptors (Lipinski definition) is 2. The second-order valence-corrected chi connectivity index (χ2v) is 6.13. The zero-order valence-corrected chi connectivity index (χ0v) is 12.6. The van der Waals surface area contributed by atoms with Crippen molar-refractivity contribution in [1.29, 1.82) is 0 Å². The van der Waals surface area contributed by atoms with Crippen LogP contribution in [0.1, 0.15) is 31.2 Å². The maximum absolute atomic E-state index is 6.12. The van der Waals surface area contributed by atoms with Crippen LogP contribution in [0.25, 0.3) is 0 Å². The molecule has 2 unspecified atom stereocenters. The summed E-state index contributed by atoms with van der Waals surface area (Å²) >= 11 is 12.1. The summed E-state index contributed by atoms with van der Waals surface area (Å²) in [6, 6.07) is 5.47.